The van der Waals surface area contributed by atoms with Crippen LogP contribution in [-0.4, -0.2) is 16.0 Å². The van der Waals surface area contributed by atoms with E-state index >= 15 is 0 Å². The van der Waals surface area contributed by atoms with Gasteiger partial charge in [-0.25, -0.2) is 0 Å². The van der Waals surface area contributed by atoms with Crippen LogP contribution in [0.25, 0.3) is 0 Å². The summed E-state index contributed by atoms with van der Waals surface area (Å²) in [5, 5.41) is 10.8. The van der Waals surface area contributed by atoms with E-state index in [-0.39, 0.29) is 22.7 Å². The van der Waals surface area contributed by atoms with Crippen molar-refractivity contribution in [2.75, 3.05) is 5.32 Å². The number of hydrogen-bond donors (Lipinski definition) is 3. The monoisotopic (exact) mass is 315 g/mol. The molecule has 0 fully saturated rings. The van der Waals surface area contributed by atoms with E-state index in [1.54, 1.807) is 11.3 Å². The Balaban J connectivity index is 1.96. The quantitative estimate of drug-likeness (QED) is 0.757. The Bertz CT molecular complexity index is 839. The highest BCUT2D eigenvalue weighted by atomic mass is 32.1. The highest BCUT2D eigenvalue weighted by Crippen LogP contribution is 2.48. The summed E-state index contributed by atoms with van der Waals surface area (Å²) in [7, 11) is 0. The third kappa shape index (κ3) is 1.90. The van der Waals surface area contributed by atoms with Gasteiger partial charge in [0.25, 0.3) is 5.56 Å². The first-order chi connectivity index (χ1) is 10.5. The Morgan fingerprint density at radius 1 is 1.23 bits per heavy atom. The fourth-order valence-corrected chi connectivity index (χ4v) is 4.40. The van der Waals surface area contributed by atoms with Crippen molar-refractivity contribution >= 4 is 22.9 Å². The van der Waals surface area contributed by atoms with Crippen LogP contribution in [0.4, 0.5) is 5.82 Å². The maximum absolute atomic E-state index is 12.8. The van der Waals surface area contributed by atoms with Crippen LogP contribution in [0, 0.1) is 5.41 Å². The molecule has 0 aromatic carbocycles. The van der Waals surface area contributed by atoms with Crippen LogP contribution in [-0.2, 0) is 4.79 Å². The van der Waals surface area contributed by atoms with Crippen LogP contribution < -0.4 is 10.9 Å². The van der Waals surface area contributed by atoms with Gasteiger partial charge in [0.05, 0.1) is 11.5 Å². The third-order valence-electron chi connectivity index (χ3n) is 4.42. The lowest BCUT2D eigenvalue weighted by Gasteiger charge is -2.37. The van der Waals surface area contributed by atoms with Gasteiger partial charge in [-0.1, -0.05) is 19.9 Å². The van der Waals surface area contributed by atoms with E-state index in [9.17, 15) is 9.59 Å². The Morgan fingerprint density at radius 2 is 2.05 bits per heavy atom. The summed E-state index contributed by atoms with van der Waals surface area (Å²) in [6.45, 7) is 4.21. The molecule has 2 aromatic rings. The molecule has 1 aliphatic heterocycles. The predicted octanol–water partition coefficient (Wildman–Crippen LogP) is 2.97. The zero-order valence-corrected chi connectivity index (χ0v) is 13.3. The van der Waals surface area contributed by atoms with Gasteiger partial charge in [0.2, 0.25) is 0 Å². The molecule has 4 rings (SSSR count). The molecule has 1 atom stereocenters. The number of ketones is 1. The molecule has 1 aliphatic carbocycles. The minimum atomic E-state index is -0.259. The Morgan fingerprint density at radius 3 is 2.77 bits per heavy atom. The Kier molecular flexibility index (Phi) is 2.75. The average molecular weight is 315 g/mol. The van der Waals surface area contributed by atoms with Gasteiger partial charge in [-0.2, -0.15) is 0 Å². The zero-order chi connectivity index (χ0) is 15.5. The van der Waals surface area contributed by atoms with Crippen molar-refractivity contribution in [3.8, 4) is 0 Å². The second-order valence-electron chi connectivity index (χ2n) is 6.77. The second-order valence-corrected chi connectivity index (χ2v) is 7.75. The molecule has 2 aromatic heterocycles. The molecule has 1 unspecified atom stereocenters. The highest BCUT2D eigenvalue weighted by molar-refractivity contribution is 7.10. The summed E-state index contributed by atoms with van der Waals surface area (Å²) in [4.78, 5) is 26.0. The second kappa shape index (κ2) is 4.46. The lowest BCUT2D eigenvalue weighted by Crippen LogP contribution is -2.34. The number of H-pyrrole nitrogens is 2. The number of fused-ring (bicyclic) bond motifs is 1. The first-order valence-electron chi connectivity index (χ1n) is 7.33. The Hall–Kier alpha value is -2.08. The van der Waals surface area contributed by atoms with E-state index in [1.165, 1.54) is 0 Å². The molecule has 0 saturated heterocycles. The average Bonchev–Trinajstić information content (AvgIpc) is 3.05. The largest absolute Gasteiger partial charge is 0.343 e. The summed E-state index contributed by atoms with van der Waals surface area (Å²) < 4.78 is 0. The van der Waals surface area contributed by atoms with Crippen LogP contribution in [0.3, 0.4) is 0 Å². The van der Waals surface area contributed by atoms with Crippen LogP contribution in [0.15, 0.2) is 33.6 Å². The summed E-state index contributed by atoms with van der Waals surface area (Å²) in [6.07, 6.45) is 1.33. The summed E-state index contributed by atoms with van der Waals surface area (Å²) in [6, 6.07) is 3.95. The molecular formula is C16H17N3O2S. The predicted molar refractivity (Wildman–Crippen MR) is 86.2 cm³/mol. The van der Waals surface area contributed by atoms with E-state index < -0.39 is 0 Å². The van der Waals surface area contributed by atoms with Gasteiger partial charge < -0.3 is 5.32 Å². The van der Waals surface area contributed by atoms with Crippen molar-refractivity contribution in [2.45, 2.75) is 32.6 Å². The number of anilines is 1. The number of thiophene rings is 1. The summed E-state index contributed by atoms with van der Waals surface area (Å²) in [5.41, 5.74) is 2.11. The number of carbonyl (C=O) groups excluding carboxylic acids is 1. The summed E-state index contributed by atoms with van der Waals surface area (Å²) in [5.74, 6) is 0.570. The standard InChI is InChI=1S/C16H17N3O2S/c1-16(2)6-8-11(9(20)7-16)12(10-4-3-5-22-10)13-14(17-8)18-19-15(13)21/h3-5,12H,6-7H2,1-2H3,(H3,17,18,19,21). The lowest BCUT2D eigenvalue weighted by molar-refractivity contribution is -0.118. The van der Waals surface area contributed by atoms with Gasteiger partial charge in [-0.3, -0.25) is 19.8 Å². The van der Waals surface area contributed by atoms with E-state index in [4.69, 9.17) is 0 Å². The van der Waals surface area contributed by atoms with Crippen LogP contribution in [0.1, 0.15) is 43.0 Å². The minimum Gasteiger partial charge on any atom is -0.343 e. The molecule has 6 heteroatoms. The van der Waals surface area contributed by atoms with Gasteiger partial charge >= 0.3 is 0 Å². The first-order valence-corrected chi connectivity index (χ1v) is 8.21. The normalized spacial score (nSPS) is 23.0. The third-order valence-corrected chi connectivity index (χ3v) is 5.35. The number of allylic oxidation sites excluding steroid dienone is 2. The van der Waals surface area contributed by atoms with Gasteiger partial charge in [-0.05, 0) is 23.3 Å². The number of aromatic nitrogens is 2. The number of Topliss-reactive ketones (excluding diaryl/α,β-unsaturated/α-hetero) is 1. The van der Waals surface area contributed by atoms with Crippen LogP contribution in [0.5, 0.6) is 0 Å². The maximum Gasteiger partial charge on any atom is 0.270 e. The first kappa shape index (κ1) is 13.6. The van der Waals surface area contributed by atoms with Crippen molar-refractivity contribution in [3.05, 3.63) is 49.6 Å². The van der Waals surface area contributed by atoms with Crippen molar-refractivity contribution in [1.29, 1.82) is 0 Å². The highest BCUT2D eigenvalue weighted by Gasteiger charge is 2.42. The molecule has 5 nitrogen and oxygen atoms in total. The molecule has 2 aliphatic rings. The van der Waals surface area contributed by atoms with Crippen molar-refractivity contribution in [1.82, 2.24) is 10.2 Å². The topological polar surface area (TPSA) is 77.8 Å². The fraction of sp³-hybridized carbons (Fsp3) is 0.375. The fourth-order valence-electron chi connectivity index (χ4n) is 3.56. The van der Waals surface area contributed by atoms with Crippen molar-refractivity contribution in [2.24, 2.45) is 5.41 Å². The molecule has 3 heterocycles. The van der Waals surface area contributed by atoms with E-state index in [0.29, 0.717) is 17.8 Å². The van der Waals surface area contributed by atoms with E-state index in [0.717, 1.165) is 22.6 Å². The maximum atomic E-state index is 12.8. The van der Waals surface area contributed by atoms with Crippen LogP contribution in [0.2, 0.25) is 0 Å². The molecule has 0 saturated carbocycles. The van der Waals surface area contributed by atoms with Gasteiger partial charge in [0, 0.05) is 22.6 Å². The minimum absolute atomic E-state index is 0.0585. The molecular weight excluding hydrogens is 298 g/mol. The smallest absolute Gasteiger partial charge is 0.270 e. The van der Waals surface area contributed by atoms with Gasteiger partial charge in [0.1, 0.15) is 5.82 Å². The van der Waals surface area contributed by atoms with Gasteiger partial charge in [0.15, 0.2) is 5.78 Å². The molecule has 114 valence electrons. The molecule has 0 bridgehead atoms. The zero-order valence-electron chi connectivity index (χ0n) is 12.4. The van der Waals surface area contributed by atoms with E-state index in [2.05, 4.69) is 29.4 Å². The number of rotatable bonds is 1. The number of carbonyl (C=O) groups is 1. The molecule has 0 radical (unpaired) electrons. The van der Waals surface area contributed by atoms with E-state index in [1.807, 2.05) is 17.5 Å². The van der Waals surface area contributed by atoms with Crippen molar-refractivity contribution < 1.29 is 4.79 Å². The molecule has 3 N–H and O–H groups in total. The molecule has 0 amide bonds. The summed E-state index contributed by atoms with van der Waals surface area (Å²) >= 11 is 1.58. The number of aromatic amines is 2. The van der Waals surface area contributed by atoms with Crippen LogP contribution >= 0.6 is 11.3 Å². The molecule has 22 heavy (non-hydrogen) atoms. The SMILES string of the molecule is CC1(C)CC(=O)C2=C(C1)Nc1[nH][nH]c(=O)c1C2c1cccs1. The lowest BCUT2D eigenvalue weighted by atomic mass is 9.70. The molecule has 0 spiro atoms. The number of hydrogen-bond acceptors (Lipinski definition) is 4. The Labute approximate surface area is 131 Å². The van der Waals surface area contributed by atoms with Crippen molar-refractivity contribution in [3.63, 3.8) is 0 Å². The number of nitrogens with one attached hydrogen (secondary N) is 3. The van der Waals surface area contributed by atoms with Gasteiger partial charge in [-0.15, -0.1) is 11.3 Å².